The quantitative estimate of drug-likeness (QED) is 0.832. The van der Waals surface area contributed by atoms with E-state index >= 15 is 0 Å². The maximum Gasteiger partial charge on any atom is 0.374 e. The van der Waals surface area contributed by atoms with E-state index in [4.69, 9.17) is 21.4 Å². The molecule has 0 amide bonds. The van der Waals surface area contributed by atoms with Crippen molar-refractivity contribution in [3.05, 3.63) is 22.8 Å². The van der Waals surface area contributed by atoms with Gasteiger partial charge in [0.15, 0.2) is 0 Å². The summed E-state index contributed by atoms with van der Waals surface area (Å²) >= 11 is 5.53. The van der Waals surface area contributed by atoms with Gasteiger partial charge in [0.05, 0.1) is 13.5 Å². The van der Waals surface area contributed by atoms with Crippen LogP contribution in [0, 0.1) is 0 Å². The molecule has 0 saturated carbocycles. The molecular weight excluding hydrogens is 244 g/mol. The van der Waals surface area contributed by atoms with E-state index in [1.165, 1.54) is 19.2 Å². The zero-order valence-electron chi connectivity index (χ0n) is 8.21. The van der Waals surface area contributed by atoms with Gasteiger partial charge in [-0.3, -0.25) is 0 Å². The minimum Gasteiger partial charge on any atom is -0.481 e. The van der Waals surface area contributed by atoms with E-state index in [9.17, 15) is 13.6 Å². The Kier molecular flexibility index (Phi) is 3.64. The fraction of sp³-hybridized carbons (Fsp3) is 0.333. The summed E-state index contributed by atoms with van der Waals surface area (Å²) in [4.78, 5) is 13.9. The summed E-state index contributed by atoms with van der Waals surface area (Å²) in [5.41, 5.74) is -0.0145. The molecule has 0 aliphatic carbocycles. The molecule has 0 aliphatic rings. The maximum atomic E-state index is 12.9. The lowest BCUT2D eigenvalue weighted by Gasteiger charge is -2.13. The van der Waals surface area contributed by atoms with Crippen molar-refractivity contribution in [1.82, 2.24) is 4.98 Å². The normalized spacial score (nSPS) is 11.2. The van der Waals surface area contributed by atoms with Crippen molar-refractivity contribution in [3.63, 3.8) is 0 Å². The molecule has 1 N–H and O–H groups in total. The van der Waals surface area contributed by atoms with Crippen LogP contribution in [-0.4, -0.2) is 29.1 Å². The Morgan fingerprint density at radius 2 is 2.25 bits per heavy atom. The summed E-state index contributed by atoms with van der Waals surface area (Å²) in [6, 6.07) is 2.54. The van der Waals surface area contributed by atoms with Gasteiger partial charge in [0.1, 0.15) is 5.15 Å². The first-order valence-electron chi connectivity index (χ1n) is 4.17. The average Bonchev–Trinajstić information content (AvgIpc) is 2.20. The second-order valence-corrected chi connectivity index (χ2v) is 3.38. The SMILES string of the molecule is COc1nc(Cl)ccc1CC(F)(F)C(=O)O. The Morgan fingerprint density at radius 3 is 2.75 bits per heavy atom. The Bertz CT molecular complexity index is 412. The minimum absolute atomic E-state index is 0.0145. The molecule has 0 radical (unpaired) electrons. The Morgan fingerprint density at radius 1 is 1.62 bits per heavy atom. The van der Waals surface area contributed by atoms with Crippen molar-refractivity contribution >= 4 is 17.6 Å². The third kappa shape index (κ3) is 2.79. The maximum absolute atomic E-state index is 12.9. The summed E-state index contributed by atoms with van der Waals surface area (Å²) in [6.45, 7) is 0. The number of carboxylic acid groups (broad SMARTS) is 1. The Balaban J connectivity index is 3.01. The number of pyridine rings is 1. The van der Waals surface area contributed by atoms with Crippen molar-refractivity contribution < 1.29 is 23.4 Å². The number of alkyl halides is 2. The van der Waals surface area contributed by atoms with Crippen LogP contribution in [-0.2, 0) is 11.2 Å². The monoisotopic (exact) mass is 251 g/mol. The highest BCUT2D eigenvalue weighted by molar-refractivity contribution is 6.29. The van der Waals surface area contributed by atoms with Gasteiger partial charge in [0.2, 0.25) is 5.88 Å². The van der Waals surface area contributed by atoms with E-state index in [0.717, 1.165) is 0 Å². The second kappa shape index (κ2) is 4.61. The number of hydrogen-bond acceptors (Lipinski definition) is 3. The third-order valence-electron chi connectivity index (χ3n) is 1.82. The standard InChI is InChI=1S/C9H8ClF2NO3/c1-16-7-5(2-3-6(10)13-7)4-9(11,12)8(14)15/h2-3H,4H2,1H3,(H,14,15). The number of ether oxygens (including phenoxy) is 1. The van der Waals surface area contributed by atoms with Crippen molar-refractivity contribution in [2.24, 2.45) is 0 Å². The molecule has 0 unspecified atom stereocenters. The van der Waals surface area contributed by atoms with Gasteiger partial charge in [-0.15, -0.1) is 0 Å². The third-order valence-corrected chi connectivity index (χ3v) is 2.03. The van der Waals surface area contributed by atoms with E-state index in [-0.39, 0.29) is 16.6 Å². The van der Waals surface area contributed by atoms with Crippen molar-refractivity contribution in [3.8, 4) is 5.88 Å². The van der Waals surface area contributed by atoms with E-state index in [1.54, 1.807) is 0 Å². The lowest BCUT2D eigenvalue weighted by molar-refractivity contribution is -0.164. The summed E-state index contributed by atoms with van der Waals surface area (Å²) in [5, 5.41) is 8.37. The van der Waals surface area contributed by atoms with E-state index in [2.05, 4.69) is 4.98 Å². The van der Waals surface area contributed by atoms with Crippen LogP contribution in [0.15, 0.2) is 12.1 Å². The first-order valence-corrected chi connectivity index (χ1v) is 4.55. The molecule has 4 nitrogen and oxygen atoms in total. The molecule has 0 fully saturated rings. The average molecular weight is 252 g/mol. The summed E-state index contributed by atoms with van der Waals surface area (Å²) in [6.07, 6.45) is -0.990. The summed E-state index contributed by atoms with van der Waals surface area (Å²) in [5.74, 6) is -6.15. The van der Waals surface area contributed by atoms with Crippen LogP contribution in [0.2, 0.25) is 5.15 Å². The van der Waals surface area contributed by atoms with Crippen LogP contribution < -0.4 is 4.74 Å². The van der Waals surface area contributed by atoms with E-state index in [1.807, 2.05) is 0 Å². The fourth-order valence-corrected chi connectivity index (χ4v) is 1.21. The molecule has 1 aromatic heterocycles. The van der Waals surface area contributed by atoms with E-state index < -0.39 is 18.3 Å². The Hall–Kier alpha value is -1.43. The first kappa shape index (κ1) is 12.6. The molecule has 0 aromatic carbocycles. The van der Waals surface area contributed by atoms with Crippen molar-refractivity contribution in [1.29, 1.82) is 0 Å². The number of halogens is 3. The van der Waals surface area contributed by atoms with Gasteiger partial charge in [-0.1, -0.05) is 17.7 Å². The fourth-order valence-electron chi connectivity index (χ4n) is 1.07. The van der Waals surface area contributed by atoms with Crippen molar-refractivity contribution in [2.45, 2.75) is 12.3 Å². The van der Waals surface area contributed by atoms with Gasteiger partial charge in [-0.05, 0) is 6.07 Å². The number of aromatic nitrogens is 1. The number of carboxylic acids is 1. The molecule has 7 heteroatoms. The van der Waals surface area contributed by atoms with Crippen LogP contribution in [0.4, 0.5) is 8.78 Å². The lowest BCUT2D eigenvalue weighted by Crippen LogP contribution is -2.30. The number of rotatable bonds is 4. The second-order valence-electron chi connectivity index (χ2n) is 2.99. The molecule has 0 atom stereocenters. The van der Waals surface area contributed by atoms with Gasteiger partial charge in [-0.25, -0.2) is 9.78 Å². The van der Waals surface area contributed by atoms with Crippen LogP contribution in [0.25, 0.3) is 0 Å². The predicted octanol–water partition coefficient (Wildman–Crippen LogP) is 2.01. The highest BCUT2D eigenvalue weighted by atomic mass is 35.5. The highest BCUT2D eigenvalue weighted by Crippen LogP contribution is 2.26. The highest BCUT2D eigenvalue weighted by Gasteiger charge is 2.39. The molecule has 1 aromatic rings. The Labute approximate surface area is 94.8 Å². The first-order chi connectivity index (χ1) is 7.36. The summed E-state index contributed by atoms with van der Waals surface area (Å²) in [7, 11) is 1.24. The molecule has 0 spiro atoms. The number of carbonyl (C=O) groups is 1. The molecule has 88 valence electrons. The molecule has 1 heterocycles. The van der Waals surface area contributed by atoms with Crippen LogP contribution in [0.5, 0.6) is 5.88 Å². The smallest absolute Gasteiger partial charge is 0.374 e. The molecule has 1 rings (SSSR count). The molecule has 0 bridgehead atoms. The molecule has 0 saturated heterocycles. The number of nitrogens with zero attached hydrogens (tertiary/aromatic N) is 1. The van der Waals surface area contributed by atoms with Gasteiger partial charge in [0.25, 0.3) is 0 Å². The van der Waals surface area contributed by atoms with Crippen LogP contribution in [0.3, 0.4) is 0 Å². The van der Waals surface area contributed by atoms with Gasteiger partial charge < -0.3 is 9.84 Å². The minimum atomic E-state index is -3.86. The van der Waals surface area contributed by atoms with Gasteiger partial charge in [-0.2, -0.15) is 8.78 Å². The lowest BCUT2D eigenvalue weighted by atomic mass is 10.1. The zero-order valence-corrected chi connectivity index (χ0v) is 8.96. The van der Waals surface area contributed by atoms with Crippen molar-refractivity contribution in [2.75, 3.05) is 7.11 Å². The number of aliphatic carboxylic acids is 1. The van der Waals surface area contributed by atoms with E-state index in [0.29, 0.717) is 0 Å². The topological polar surface area (TPSA) is 59.4 Å². The zero-order chi connectivity index (χ0) is 12.3. The van der Waals surface area contributed by atoms with Gasteiger partial charge >= 0.3 is 11.9 Å². The summed E-state index contributed by atoms with van der Waals surface area (Å²) < 4.78 is 30.6. The van der Waals surface area contributed by atoms with Gasteiger partial charge in [0, 0.05) is 5.56 Å². The number of hydrogen-bond donors (Lipinski definition) is 1. The van der Waals surface area contributed by atoms with Crippen LogP contribution in [0.1, 0.15) is 5.56 Å². The molecule has 16 heavy (non-hydrogen) atoms. The van der Waals surface area contributed by atoms with Crippen LogP contribution >= 0.6 is 11.6 Å². The predicted molar refractivity (Wildman–Crippen MR) is 52.1 cm³/mol. The largest absolute Gasteiger partial charge is 0.481 e. The molecular formula is C9H8ClF2NO3. The molecule has 0 aliphatic heterocycles. The number of methoxy groups -OCH3 is 1.